The molecule has 0 saturated heterocycles. The summed E-state index contributed by atoms with van der Waals surface area (Å²) >= 11 is 3.50. The smallest absolute Gasteiger partial charge is 0.140 e. The molecule has 0 amide bonds. The highest BCUT2D eigenvalue weighted by Gasteiger charge is 2.16. The molecular formula is C17H10BrFO. The molecule has 0 aromatic heterocycles. The molecule has 1 nitrogen and oxygen atoms in total. The second kappa shape index (κ2) is 4.06. The van der Waals surface area contributed by atoms with Crippen LogP contribution in [-0.2, 0) is 0 Å². The van der Waals surface area contributed by atoms with Crippen LogP contribution in [0.5, 0.6) is 5.75 Å². The third kappa shape index (κ3) is 1.41. The molecule has 0 bridgehead atoms. The van der Waals surface area contributed by atoms with Gasteiger partial charge in [-0.3, -0.25) is 0 Å². The molecule has 4 aromatic rings. The summed E-state index contributed by atoms with van der Waals surface area (Å²) in [4.78, 5) is 0. The number of hydrogen-bond donors (Lipinski definition) is 0. The fourth-order valence-electron chi connectivity index (χ4n) is 3.01. The summed E-state index contributed by atoms with van der Waals surface area (Å²) in [5.74, 6) is 0.601. The number of ether oxygens (including phenoxy) is 1. The number of rotatable bonds is 1. The Bertz CT molecular complexity index is 962. The van der Waals surface area contributed by atoms with Crippen LogP contribution in [0.4, 0.5) is 4.39 Å². The minimum atomic E-state index is -0.187. The first-order valence-electron chi connectivity index (χ1n) is 6.30. The molecule has 0 aliphatic heterocycles. The van der Waals surface area contributed by atoms with E-state index >= 15 is 0 Å². The van der Waals surface area contributed by atoms with Crippen LogP contribution in [0.25, 0.3) is 32.3 Å². The lowest BCUT2D eigenvalue weighted by atomic mass is 9.93. The summed E-state index contributed by atoms with van der Waals surface area (Å²) in [5, 5.41) is 5.61. The van der Waals surface area contributed by atoms with Crippen molar-refractivity contribution in [2.24, 2.45) is 0 Å². The van der Waals surface area contributed by atoms with Crippen molar-refractivity contribution in [2.45, 2.75) is 0 Å². The van der Waals surface area contributed by atoms with Crippen molar-refractivity contribution in [1.29, 1.82) is 0 Å². The minimum Gasteiger partial charge on any atom is -0.495 e. The quantitative estimate of drug-likeness (QED) is 0.419. The van der Waals surface area contributed by atoms with Gasteiger partial charge in [0, 0.05) is 21.5 Å². The Morgan fingerprint density at radius 3 is 2.55 bits per heavy atom. The van der Waals surface area contributed by atoms with Gasteiger partial charge in [0.1, 0.15) is 11.6 Å². The van der Waals surface area contributed by atoms with Crippen LogP contribution in [0.3, 0.4) is 0 Å². The van der Waals surface area contributed by atoms with E-state index in [0.29, 0.717) is 5.39 Å². The Morgan fingerprint density at radius 1 is 0.950 bits per heavy atom. The Morgan fingerprint density at radius 2 is 1.75 bits per heavy atom. The van der Waals surface area contributed by atoms with E-state index < -0.39 is 0 Å². The molecule has 0 atom stereocenters. The monoisotopic (exact) mass is 328 g/mol. The predicted octanol–water partition coefficient (Wildman–Crippen LogP) is 5.49. The van der Waals surface area contributed by atoms with Gasteiger partial charge in [-0.1, -0.05) is 24.3 Å². The molecule has 0 unspecified atom stereocenters. The van der Waals surface area contributed by atoms with E-state index in [2.05, 4.69) is 15.9 Å². The van der Waals surface area contributed by atoms with Crippen LogP contribution < -0.4 is 4.74 Å². The van der Waals surface area contributed by atoms with Crippen LogP contribution in [0.15, 0.2) is 46.9 Å². The van der Waals surface area contributed by atoms with Crippen LogP contribution in [-0.4, -0.2) is 7.11 Å². The molecule has 0 spiro atoms. The highest BCUT2D eigenvalue weighted by molar-refractivity contribution is 9.10. The molecular weight excluding hydrogens is 319 g/mol. The summed E-state index contributed by atoms with van der Waals surface area (Å²) in [6.07, 6.45) is 0. The average molecular weight is 329 g/mol. The molecule has 20 heavy (non-hydrogen) atoms. The molecule has 3 heteroatoms. The molecule has 0 saturated carbocycles. The Kier molecular flexibility index (Phi) is 2.42. The Labute approximate surface area is 123 Å². The molecule has 4 aromatic carbocycles. The summed E-state index contributed by atoms with van der Waals surface area (Å²) in [5.41, 5.74) is 0. The zero-order valence-corrected chi connectivity index (χ0v) is 12.3. The van der Waals surface area contributed by atoms with Crippen molar-refractivity contribution in [1.82, 2.24) is 0 Å². The van der Waals surface area contributed by atoms with Crippen LogP contribution in [0, 0.1) is 5.82 Å². The van der Waals surface area contributed by atoms with Gasteiger partial charge < -0.3 is 4.74 Å². The molecule has 98 valence electrons. The van der Waals surface area contributed by atoms with E-state index in [-0.39, 0.29) is 5.82 Å². The third-order valence-corrected chi connectivity index (χ3v) is 4.41. The van der Waals surface area contributed by atoms with Gasteiger partial charge in [-0.25, -0.2) is 4.39 Å². The second-order valence-corrected chi connectivity index (χ2v) is 5.72. The van der Waals surface area contributed by atoms with Crippen LogP contribution in [0.1, 0.15) is 0 Å². The van der Waals surface area contributed by atoms with E-state index in [0.717, 1.165) is 37.2 Å². The first-order chi connectivity index (χ1) is 9.70. The molecule has 0 radical (unpaired) electrons. The summed E-state index contributed by atoms with van der Waals surface area (Å²) in [7, 11) is 1.65. The van der Waals surface area contributed by atoms with Gasteiger partial charge in [-0.05, 0) is 44.9 Å². The molecule has 0 N–H and O–H groups in total. The fraction of sp³-hybridized carbons (Fsp3) is 0.0588. The van der Waals surface area contributed by atoms with Crippen molar-refractivity contribution < 1.29 is 9.13 Å². The van der Waals surface area contributed by atoms with Crippen molar-refractivity contribution in [2.75, 3.05) is 7.11 Å². The lowest BCUT2D eigenvalue weighted by Crippen LogP contribution is -1.91. The highest BCUT2D eigenvalue weighted by Crippen LogP contribution is 2.43. The zero-order valence-electron chi connectivity index (χ0n) is 10.7. The van der Waals surface area contributed by atoms with E-state index in [9.17, 15) is 4.39 Å². The first kappa shape index (κ1) is 11.9. The van der Waals surface area contributed by atoms with Crippen LogP contribution in [0.2, 0.25) is 0 Å². The maximum absolute atomic E-state index is 14.3. The van der Waals surface area contributed by atoms with Gasteiger partial charge in [0.05, 0.1) is 11.6 Å². The Hall–Kier alpha value is -1.87. The molecule has 0 aliphatic carbocycles. The standard InChI is InChI=1S/C17H10BrFO/c1-20-17-12-6-5-9-3-2-4-11-14(19)8-10(7-13(17)18)16(12)15(9)11/h2-8H,1H3. The SMILES string of the molecule is COc1c(Br)cc2cc(F)c3cccc4ccc1c2c43. The summed E-state index contributed by atoms with van der Waals surface area (Å²) in [6.45, 7) is 0. The van der Waals surface area contributed by atoms with Gasteiger partial charge in [0.2, 0.25) is 0 Å². The van der Waals surface area contributed by atoms with Crippen molar-refractivity contribution in [3.05, 3.63) is 52.8 Å². The van der Waals surface area contributed by atoms with E-state index in [1.807, 2.05) is 36.4 Å². The van der Waals surface area contributed by atoms with Gasteiger partial charge in [-0.15, -0.1) is 0 Å². The van der Waals surface area contributed by atoms with E-state index in [4.69, 9.17) is 4.74 Å². The maximum atomic E-state index is 14.3. The van der Waals surface area contributed by atoms with Crippen molar-refractivity contribution >= 4 is 48.2 Å². The Balaban J connectivity index is 2.41. The predicted molar refractivity (Wildman–Crippen MR) is 84.4 cm³/mol. The van der Waals surface area contributed by atoms with Gasteiger partial charge in [-0.2, -0.15) is 0 Å². The van der Waals surface area contributed by atoms with Gasteiger partial charge >= 0.3 is 0 Å². The number of halogens is 2. The first-order valence-corrected chi connectivity index (χ1v) is 7.09. The fourth-order valence-corrected chi connectivity index (χ4v) is 3.63. The number of hydrogen-bond acceptors (Lipinski definition) is 1. The van der Waals surface area contributed by atoms with Gasteiger partial charge in [0.15, 0.2) is 0 Å². The average Bonchev–Trinajstić information content (AvgIpc) is 2.45. The summed E-state index contributed by atoms with van der Waals surface area (Å²) < 4.78 is 20.6. The topological polar surface area (TPSA) is 9.23 Å². The molecule has 0 fully saturated rings. The maximum Gasteiger partial charge on any atom is 0.140 e. The van der Waals surface area contributed by atoms with Crippen LogP contribution >= 0.6 is 15.9 Å². The van der Waals surface area contributed by atoms with E-state index in [1.54, 1.807) is 13.2 Å². The largest absolute Gasteiger partial charge is 0.495 e. The molecule has 0 heterocycles. The number of methoxy groups -OCH3 is 1. The normalized spacial score (nSPS) is 11.8. The van der Waals surface area contributed by atoms with E-state index in [1.165, 1.54) is 0 Å². The lowest BCUT2D eigenvalue weighted by Gasteiger charge is -2.15. The molecule has 4 rings (SSSR count). The van der Waals surface area contributed by atoms with Crippen molar-refractivity contribution in [3.8, 4) is 5.75 Å². The highest BCUT2D eigenvalue weighted by atomic mass is 79.9. The second-order valence-electron chi connectivity index (χ2n) is 4.86. The third-order valence-electron chi connectivity index (χ3n) is 3.82. The minimum absolute atomic E-state index is 0.187. The number of benzene rings is 4. The van der Waals surface area contributed by atoms with Gasteiger partial charge in [0.25, 0.3) is 0 Å². The van der Waals surface area contributed by atoms with Crippen molar-refractivity contribution in [3.63, 3.8) is 0 Å². The lowest BCUT2D eigenvalue weighted by molar-refractivity contribution is 0.417. The molecule has 0 aliphatic rings. The summed E-state index contributed by atoms with van der Waals surface area (Å²) in [6, 6.07) is 13.3. The zero-order chi connectivity index (χ0) is 13.9.